The van der Waals surface area contributed by atoms with E-state index in [4.69, 9.17) is 9.47 Å². The number of rotatable bonds is 1. The number of fused-ring (bicyclic) bond motifs is 6. The Morgan fingerprint density at radius 3 is 2.77 bits per heavy atom. The number of benzene rings is 1. The largest absolute Gasteiger partial charge is 0.454 e. The van der Waals surface area contributed by atoms with Gasteiger partial charge in [-0.05, 0) is 91.4 Å². The third-order valence-electron chi connectivity index (χ3n) is 8.93. The molecule has 4 nitrogen and oxygen atoms in total. The van der Waals surface area contributed by atoms with Crippen LogP contribution in [-0.2, 0) is 9.59 Å². The molecule has 1 aromatic carbocycles. The second kappa shape index (κ2) is 6.44. The molecule has 3 saturated carbocycles. The fraction of sp³-hybridized carbons (Fsp3) is 0.481. The molecule has 31 heavy (non-hydrogen) atoms. The first-order chi connectivity index (χ1) is 14.9. The van der Waals surface area contributed by atoms with E-state index >= 15 is 0 Å². The maximum absolute atomic E-state index is 13.6. The van der Waals surface area contributed by atoms with Crippen molar-refractivity contribution < 1.29 is 19.1 Å². The van der Waals surface area contributed by atoms with Crippen molar-refractivity contribution in [3.63, 3.8) is 0 Å². The molecule has 0 amide bonds. The molecule has 0 N–H and O–H groups in total. The van der Waals surface area contributed by atoms with Crippen LogP contribution in [0.25, 0.3) is 6.08 Å². The van der Waals surface area contributed by atoms with Crippen molar-refractivity contribution in [3.05, 3.63) is 53.1 Å². The Morgan fingerprint density at radius 2 is 1.90 bits per heavy atom. The van der Waals surface area contributed by atoms with Crippen molar-refractivity contribution >= 4 is 17.6 Å². The normalized spacial score (nSPS) is 39.2. The van der Waals surface area contributed by atoms with Gasteiger partial charge in [0, 0.05) is 10.8 Å². The molecule has 1 heterocycles. The highest BCUT2D eigenvalue weighted by Gasteiger charge is 2.59. The summed E-state index contributed by atoms with van der Waals surface area (Å²) in [5, 5.41) is 0. The molecule has 4 aliphatic carbocycles. The van der Waals surface area contributed by atoms with Gasteiger partial charge >= 0.3 is 0 Å². The highest BCUT2D eigenvalue weighted by molar-refractivity contribution is 6.06. The maximum Gasteiger partial charge on any atom is 0.231 e. The lowest BCUT2D eigenvalue weighted by molar-refractivity contribution is -0.129. The van der Waals surface area contributed by atoms with E-state index in [1.165, 1.54) is 5.57 Å². The van der Waals surface area contributed by atoms with Gasteiger partial charge < -0.3 is 9.47 Å². The van der Waals surface area contributed by atoms with Gasteiger partial charge in [0.05, 0.1) is 0 Å². The highest BCUT2D eigenvalue weighted by atomic mass is 16.7. The van der Waals surface area contributed by atoms with Crippen LogP contribution < -0.4 is 9.47 Å². The number of ether oxygens (including phenoxy) is 2. The molecule has 6 rings (SSSR count). The molecular weight excluding hydrogens is 388 g/mol. The lowest BCUT2D eigenvalue weighted by Gasteiger charge is -2.55. The highest BCUT2D eigenvalue weighted by Crippen LogP contribution is 2.64. The first-order valence-corrected chi connectivity index (χ1v) is 11.5. The molecule has 160 valence electrons. The number of allylic oxidation sites excluding steroid dienone is 5. The molecule has 0 saturated heterocycles. The number of carbonyl (C=O) groups is 2. The molecule has 1 aromatic rings. The molecule has 4 heteroatoms. The van der Waals surface area contributed by atoms with Gasteiger partial charge in [-0.3, -0.25) is 9.59 Å². The average molecular weight is 417 g/mol. The summed E-state index contributed by atoms with van der Waals surface area (Å²) in [5.74, 6) is 3.37. The van der Waals surface area contributed by atoms with Gasteiger partial charge in [-0.25, -0.2) is 0 Å². The van der Waals surface area contributed by atoms with Crippen molar-refractivity contribution in [2.45, 2.75) is 46.0 Å². The fourth-order valence-corrected chi connectivity index (χ4v) is 7.20. The van der Waals surface area contributed by atoms with E-state index in [2.05, 4.69) is 26.0 Å². The van der Waals surface area contributed by atoms with E-state index in [1.807, 2.05) is 24.3 Å². The minimum atomic E-state index is -0.269. The van der Waals surface area contributed by atoms with E-state index in [0.29, 0.717) is 23.5 Å². The van der Waals surface area contributed by atoms with E-state index in [1.54, 1.807) is 6.08 Å². The van der Waals surface area contributed by atoms with Crippen LogP contribution in [-0.4, -0.2) is 18.4 Å². The zero-order chi connectivity index (χ0) is 21.4. The van der Waals surface area contributed by atoms with Crippen molar-refractivity contribution in [1.29, 1.82) is 0 Å². The zero-order valence-corrected chi connectivity index (χ0v) is 18.1. The Morgan fingerprint density at radius 1 is 1.06 bits per heavy atom. The van der Waals surface area contributed by atoms with Crippen molar-refractivity contribution in [2.24, 2.45) is 28.6 Å². The first-order valence-electron chi connectivity index (χ1n) is 11.5. The summed E-state index contributed by atoms with van der Waals surface area (Å²) >= 11 is 0. The predicted octanol–water partition coefficient (Wildman–Crippen LogP) is 5.29. The van der Waals surface area contributed by atoms with Crippen LogP contribution in [0, 0.1) is 28.6 Å². The molecule has 0 bridgehead atoms. The number of carbonyl (C=O) groups excluding carboxylic acids is 2. The number of ketones is 2. The summed E-state index contributed by atoms with van der Waals surface area (Å²) in [5.41, 5.74) is 2.94. The van der Waals surface area contributed by atoms with Crippen LogP contribution >= 0.6 is 0 Å². The van der Waals surface area contributed by atoms with Crippen LogP contribution in [0.2, 0.25) is 0 Å². The van der Waals surface area contributed by atoms with Gasteiger partial charge in [0.15, 0.2) is 23.1 Å². The molecule has 3 fully saturated rings. The second-order valence-corrected chi connectivity index (χ2v) is 10.4. The van der Waals surface area contributed by atoms with Crippen molar-refractivity contribution in [2.75, 3.05) is 6.79 Å². The monoisotopic (exact) mass is 416 g/mol. The molecule has 0 radical (unpaired) electrons. The number of Topliss-reactive ketones (excluding diaryl/α,β-unsaturated/α-hetero) is 1. The summed E-state index contributed by atoms with van der Waals surface area (Å²) in [7, 11) is 0. The van der Waals surface area contributed by atoms with Crippen LogP contribution in [0.15, 0.2) is 47.6 Å². The van der Waals surface area contributed by atoms with E-state index < -0.39 is 0 Å². The van der Waals surface area contributed by atoms with Gasteiger partial charge in [-0.2, -0.15) is 0 Å². The summed E-state index contributed by atoms with van der Waals surface area (Å²) in [6, 6.07) is 5.90. The molecule has 1 aliphatic heterocycles. The van der Waals surface area contributed by atoms with Gasteiger partial charge in [0.1, 0.15) is 0 Å². The van der Waals surface area contributed by atoms with E-state index in [0.717, 1.165) is 54.7 Å². The lowest BCUT2D eigenvalue weighted by atomic mass is 9.48. The summed E-state index contributed by atoms with van der Waals surface area (Å²) in [6.07, 6.45) is 12.7. The Bertz CT molecular complexity index is 1090. The SMILES string of the molecule is C[C@]12C=CC(=O)C=C1CCC1C2CC[C@]2(C)C(=O)/C(=C/c3ccc4c(c3)OCO4)CC12. The topological polar surface area (TPSA) is 52.6 Å². The van der Waals surface area contributed by atoms with Crippen molar-refractivity contribution in [1.82, 2.24) is 0 Å². The van der Waals surface area contributed by atoms with Gasteiger partial charge in [-0.1, -0.05) is 31.6 Å². The number of hydrogen-bond acceptors (Lipinski definition) is 4. The smallest absolute Gasteiger partial charge is 0.231 e. The molecule has 5 aliphatic rings. The number of hydrogen-bond donors (Lipinski definition) is 0. The summed E-state index contributed by atoms with van der Waals surface area (Å²) in [6.45, 7) is 4.76. The van der Waals surface area contributed by atoms with E-state index in [9.17, 15) is 9.59 Å². The zero-order valence-electron chi connectivity index (χ0n) is 18.1. The van der Waals surface area contributed by atoms with E-state index in [-0.39, 0.29) is 23.4 Å². The fourth-order valence-electron chi connectivity index (χ4n) is 7.20. The Kier molecular flexibility index (Phi) is 3.97. The third-order valence-corrected chi connectivity index (χ3v) is 8.93. The minimum Gasteiger partial charge on any atom is -0.454 e. The quantitative estimate of drug-likeness (QED) is 0.584. The Balaban J connectivity index is 1.33. The van der Waals surface area contributed by atoms with Gasteiger partial charge in [0.2, 0.25) is 6.79 Å². The maximum atomic E-state index is 13.6. The van der Waals surface area contributed by atoms with Gasteiger partial charge in [-0.15, -0.1) is 0 Å². The molecule has 0 spiro atoms. The van der Waals surface area contributed by atoms with Crippen LogP contribution in [0.1, 0.15) is 51.5 Å². The third kappa shape index (κ3) is 2.66. The van der Waals surface area contributed by atoms with Crippen LogP contribution in [0.4, 0.5) is 0 Å². The van der Waals surface area contributed by atoms with Gasteiger partial charge in [0.25, 0.3) is 0 Å². The molecular formula is C27H28O4. The lowest BCUT2D eigenvalue weighted by Crippen LogP contribution is -2.49. The Hall–Kier alpha value is -2.62. The standard InChI is InChI=1S/C27H28O4/c1-26-9-7-19(28)14-18(26)4-5-20-21(26)8-10-27(2)22(20)13-17(25(27)29)11-16-3-6-23-24(12-16)31-15-30-23/h3,6-7,9,11-12,14,20-22H,4-5,8,10,13,15H2,1-2H3/b17-11+/t20?,21?,22?,26-,27-/m0/s1. The first kappa shape index (κ1) is 19.1. The summed E-state index contributed by atoms with van der Waals surface area (Å²) in [4.78, 5) is 25.5. The van der Waals surface area contributed by atoms with Crippen LogP contribution in [0.3, 0.4) is 0 Å². The average Bonchev–Trinajstić information content (AvgIpc) is 3.31. The van der Waals surface area contributed by atoms with Crippen LogP contribution in [0.5, 0.6) is 11.5 Å². The molecule has 3 unspecified atom stereocenters. The summed E-state index contributed by atoms with van der Waals surface area (Å²) < 4.78 is 10.9. The minimum absolute atomic E-state index is 0.0367. The molecule has 5 atom stereocenters. The predicted molar refractivity (Wildman–Crippen MR) is 118 cm³/mol. The second-order valence-electron chi connectivity index (χ2n) is 10.4. The molecule has 0 aromatic heterocycles. The Labute approximate surface area is 183 Å². The van der Waals surface area contributed by atoms with Crippen molar-refractivity contribution in [3.8, 4) is 11.5 Å².